The lowest BCUT2D eigenvalue weighted by atomic mass is 10.3. The normalized spacial score (nSPS) is 22.7. The fraction of sp³-hybridized carbons (Fsp3) is 0.600. The van der Waals surface area contributed by atoms with Gasteiger partial charge in [0.15, 0.2) is 5.79 Å². The van der Waals surface area contributed by atoms with E-state index in [4.69, 9.17) is 21.1 Å². The number of aromatic nitrogens is 2. The van der Waals surface area contributed by atoms with E-state index in [0.717, 1.165) is 4.47 Å². The van der Waals surface area contributed by atoms with Gasteiger partial charge in [0.1, 0.15) is 11.9 Å². The van der Waals surface area contributed by atoms with E-state index >= 15 is 0 Å². The van der Waals surface area contributed by atoms with E-state index < -0.39 is 5.79 Å². The fourth-order valence-corrected chi connectivity index (χ4v) is 2.01. The van der Waals surface area contributed by atoms with E-state index in [1.54, 1.807) is 6.20 Å². The highest BCUT2D eigenvalue weighted by Crippen LogP contribution is 2.24. The van der Waals surface area contributed by atoms with Gasteiger partial charge in [0.2, 0.25) is 5.28 Å². The molecule has 5 nitrogen and oxygen atoms in total. The second-order valence-electron chi connectivity index (χ2n) is 4.17. The molecule has 2 heterocycles. The summed E-state index contributed by atoms with van der Waals surface area (Å²) >= 11 is 9.06. The molecule has 0 radical (unpaired) electrons. The van der Waals surface area contributed by atoms with E-state index in [9.17, 15) is 0 Å². The minimum absolute atomic E-state index is 0.00522. The third-order valence-corrected chi connectivity index (χ3v) is 3.04. The van der Waals surface area contributed by atoms with Gasteiger partial charge in [0, 0.05) is 12.7 Å². The lowest BCUT2D eigenvalue weighted by Gasteiger charge is -2.17. The Morgan fingerprint density at radius 3 is 3.06 bits per heavy atom. The molecule has 7 heteroatoms. The first kappa shape index (κ1) is 13.0. The first-order chi connectivity index (χ1) is 7.96. The monoisotopic (exact) mass is 321 g/mol. The van der Waals surface area contributed by atoms with Crippen molar-refractivity contribution in [3.8, 4) is 0 Å². The van der Waals surface area contributed by atoms with Crippen molar-refractivity contribution in [3.63, 3.8) is 0 Å². The summed E-state index contributed by atoms with van der Waals surface area (Å²) in [5, 5.41) is 3.35. The predicted molar refractivity (Wildman–Crippen MR) is 68.1 cm³/mol. The van der Waals surface area contributed by atoms with Crippen LogP contribution in [0.5, 0.6) is 0 Å². The quantitative estimate of drug-likeness (QED) is 0.866. The zero-order valence-electron chi connectivity index (χ0n) is 9.54. The summed E-state index contributed by atoms with van der Waals surface area (Å²) in [6, 6.07) is 0. The summed E-state index contributed by atoms with van der Waals surface area (Å²) in [5.74, 6) is 0.144. The summed E-state index contributed by atoms with van der Waals surface area (Å²) in [6.07, 6.45) is 1.61. The van der Waals surface area contributed by atoms with Gasteiger partial charge in [-0.05, 0) is 41.4 Å². The summed E-state index contributed by atoms with van der Waals surface area (Å²) in [4.78, 5) is 7.92. The summed E-state index contributed by atoms with van der Waals surface area (Å²) in [6.45, 7) is 4.96. The van der Waals surface area contributed by atoms with Crippen LogP contribution in [-0.2, 0) is 9.47 Å². The largest absolute Gasteiger partial charge is 0.366 e. The molecule has 1 saturated heterocycles. The molecular formula is C10H13BrClN3O2. The minimum atomic E-state index is -0.507. The molecule has 1 aromatic heterocycles. The summed E-state index contributed by atoms with van der Waals surface area (Å²) in [5.41, 5.74) is 0. The zero-order valence-corrected chi connectivity index (χ0v) is 11.9. The Morgan fingerprint density at radius 2 is 2.41 bits per heavy atom. The molecule has 1 N–H and O–H groups in total. The van der Waals surface area contributed by atoms with Crippen molar-refractivity contribution in [2.75, 3.05) is 18.5 Å². The number of hydrogen-bond acceptors (Lipinski definition) is 5. The van der Waals surface area contributed by atoms with Crippen molar-refractivity contribution >= 4 is 33.3 Å². The molecular weight excluding hydrogens is 309 g/mol. The predicted octanol–water partition coefficient (Wildman–Crippen LogP) is 2.46. The Morgan fingerprint density at radius 1 is 1.65 bits per heavy atom. The van der Waals surface area contributed by atoms with Crippen LogP contribution < -0.4 is 5.32 Å². The standard InChI is InChI=1S/C10H13BrClN3O2/c1-10(2)16-5-6(17-10)3-13-8-7(11)4-14-9(12)15-8/h4,6H,3,5H2,1-2H3,(H,13,14,15). The number of nitrogens with one attached hydrogen (secondary N) is 1. The van der Waals surface area contributed by atoms with Gasteiger partial charge in [-0.25, -0.2) is 4.98 Å². The van der Waals surface area contributed by atoms with Crippen molar-refractivity contribution < 1.29 is 9.47 Å². The lowest BCUT2D eigenvalue weighted by molar-refractivity contribution is -0.136. The van der Waals surface area contributed by atoms with Crippen LogP contribution in [0.25, 0.3) is 0 Å². The Labute approximate surface area is 113 Å². The molecule has 0 aliphatic carbocycles. The second kappa shape index (κ2) is 5.06. The van der Waals surface area contributed by atoms with Crippen LogP contribution in [0, 0.1) is 0 Å². The highest BCUT2D eigenvalue weighted by molar-refractivity contribution is 9.10. The Balaban J connectivity index is 1.92. The van der Waals surface area contributed by atoms with Gasteiger partial charge in [0.25, 0.3) is 0 Å². The summed E-state index contributed by atoms with van der Waals surface area (Å²) in [7, 11) is 0. The Hall–Kier alpha value is -0.430. The second-order valence-corrected chi connectivity index (χ2v) is 5.36. The van der Waals surface area contributed by atoms with E-state index in [-0.39, 0.29) is 11.4 Å². The third kappa shape index (κ3) is 3.51. The molecule has 1 aromatic rings. The fourth-order valence-electron chi connectivity index (χ4n) is 1.54. The number of nitrogens with zero attached hydrogens (tertiary/aromatic N) is 2. The number of halogens is 2. The molecule has 1 unspecified atom stereocenters. The van der Waals surface area contributed by atoms with Crippen LogP contribution >= 0.6 is 27.5 Å². The molecule has 94 valence electrons. The van der Waals surface area contributed by atoms with Gasteiger partial charge in [-0.15, -0.1) is 0 Å². The van der Waals surface area contributed by atoms with Crippen LogP contribution in [0.2, 0.25) is 5.28 Å². The Bertz CT molecular complexity index is 417. The van der Waals surface area contributed by atoms with E-state index in [0.29, 0.717) is 19.0 Å². The molecule has 0 aromatic carbocycles. The van der Waals surface area contributed by atoms with E-state index in [1.165, 1.54) is 0 Å². The average molecular weight is 323 g/mol. The van der Waals surface area contributed by atoms with Gasteiger partial charge in [-0.1, -0.05) is 0 Å². The maximum absolute atomic E-state index is 5.72. The van der Waals surface area contributed by atoms with Crippen LogP contribution in [-0.4, -0.2) is 35.0 Å². The zero-order chi connectivity index (χ0) is 12.5. The highest BCUT2D eigenvalue weighted by Gasteiger charge is 2.32. The highest BCUT2D eigenvalue weighted by atomic mass is 79.9. The summed E-state index contributed by atoms with van der Waals surface area (Å²) < 4.78 is 11.9. The Kier molecular flexibility index (Phi) is 3.87. The molecule has 0 amide bonds. The molecule has 1 aliphatic rings. The van der Waals surface area contributed by atoms with E-state index in [1.807, 2.05) is 13.8 Å². The van der Waals surface area contributed by atoms with Gasteiger partial charge in [-0.3, -0.25) is 0 Å². The molecule has 1 fully saturated rings. The third-order valence-electron chi connectivity index (χ3n) is 2.28. The van der Waals surface area contributed by atoms with Crippen LogP contribution in [0.3, 0.4) is 0 Å². The number of rotatable bonds is 3. The van der Waals surface area contributed by atoms with Crippen LogP contribution in [0.4, 0.5) is 5.82 Å². The first-order valence-corrected chi connectivity index (χ1v) is 6.37. The molecule has 0 bridgehead atoms. The topological polar surface area (TPSA) is 56.3 Å². The van der Waals surface area contributed by atoms with Crippen molar-refractivity contribution in [3.05, 3.63) is 16.0 Å². The van der Waals surface area contributed by atoms with Crippen molar-refractivity contribution in [1.82, 2.24) is 9.97 Å². The molecule has 1 aliphatic heterocycles. The van der Waals surface area contributed by atoms with Gasteiger partial charge < -0.3 is 14.8 Å². The molecule has 17 heavy (non-hydrogen) atoms. The minimum Gasteiger partial charge on any atom is -0.366 e. The SMILES string of the molecule is CC1(C)OCC(CNc2nc(Cl)ncc2Br)O1. The van der Waals surface area contributed by atoms with Crippen molar-refractivity contribution in [2.24, 2.45) is 0 Å². The van der Waals surface area contributed by atoms with Crippen LogP contribution in [0.15, 0.2) is 10.7 Å². The van der Waals surface area contributed by atoms with Gasteiger partial charge >= 0.3 is 0 Å². The van der Waals surface area contributed by atoms with Gasteiger partial charge in [-0.2, -0.15) is 4.98 Å². The average Bonchev–Trinajstić information content (AvgIpc) is 2.60. The van der Waals surface area contributed by atoms with E-state index in [2.05, 4.69) is 31.2 Å². The number of anilines is 1. The molecule has 1 atom stereocenters. The maximum atomic E-state index is 5.72. The first-order valence-electron chi connectivity index (χ1n) is 5.20. The van der Waals surface area contributed by atoms with Crippen LogP contribution in [0.1, 0.15) is 13.8 Å². The lowest BCUT2D eigenvalue weighted by Crippen LogP contribution is -2.26. The number of hydrogen-bond donors (Lipinski definition) is 1. The van der Waals surface area contributed by atoms with Crippen molar-refractivity contribution in [1.29, 1.82) is 0 Å². The maximum Gasteiger partial charge on any atom is 0.224 e. The van der Waals surface area contributed by atoms with Gasteiger partial charge in [0.05, 0.1) is 11.1 Å². The molecule has 0 saturated carbocycles. The molecule has 2 rings (SSSR count). The molecule has 0 spiro atoms. The smallest absolute Gasteiger partial charge is 0.224 e. The van der Waals surface area contributed by atoms with Crippen molar-refractivity contribution in [2.45, 2.75) is 25.7 Å². The number of ether oxygens (including phenoxy) is 2.